The first kappa shape index (κ1) is 13.3. The lowest BCUT2D eigenvalue weighted by Crippen LogP contribution is -2.17. The molecular weight excluding hydrogens is 268 g/mol. The molecule has 1 aliphatic rings. The molecule has 1 aromatic carbocycles. The molecule has 1 aromatic rings. The van der Waals surface area contributed by atoms with Crippen molar-refractivity contribution in [2.24, 2.45) is 11.7 Å². The molecule has 0 atom stereocenters. The normalized spacial score (nSPS) is 15.3. The van der Waals surface area contributed by atoms with Crippen molar-refractivity contribution in [2.45, 2.75) is 19.3 Å². The van der Waals surface area contributed by atoms with Gasteiger partial charge in [0.05, 0.1) is 10.7 Å². The lowest BCUT2D eigenvalue weighted by atomic mass is 10.1. The molecule has 0 aliphatic heterocycles. The van der Waals surface area contributed by atoms with Crippen LogP contribution in [0.1, 0.15) is 18.4 Å². The Morgan fingerprint density at radius 3 is 2.44 bits per heavy atom. The standard InChI is InChI=1S/C12H16N2O2S2/c13-12(17)7-9-3-5-11(6-4-9)14-18(15,16)8-10-1-2-10/h3-6,10,14H,1-2,7-8H2,(H2,13,17). The summed E-state index contributed by atoms with van der Waals surface area (Å²) in [6.07, 6.45) is 2.58. The molecule has 0 saturated heterocycles. The third-order valence-electron chi connectivity index (χ3n) is 2.76. The molecule has 0 spiro atoms. The molecule has 0 heterocycles. The van der Waals surface area contributed by atoms with Gasteiger partial charge >= 0.3 is 0 Å². The molecule has 4 nitrogen and oxygen atoms in total. The number of sulfonamides is 1. The molecule has 0 unspecified atom stereocenters. The number of hydrogen-bond donors (Lipinski definition) is 2. The molecule has 98 valence electrons. The highest BCUT2D eigenvalue weighted by molar-refractivity contribution is 7.92. The van der Waals surface area contributed by atoms with Crippen LogP contribution in [0, 0.1) is 5.92 Å². The third-order valence-corrected chi connectivity index (χ3v) is 4.36. The molecule has 1 aliphatic carbocycles. The van der Waals surface area contributed by atoms with Gasteiger partial charge in [-0.25, -0.2) is 8.42 Å². The number of thiocarbonyl (C=S) groups is 1. The minimum atomic E-state index is -3.21. The van der Waals surface area contributed by atoms with Crippen LogP contribution in [-0.4, -0.2) is 19.2 Å². The van der Waals surface area contributed by atoms with Crippen molar-refractivity contribution in [3.05, 3.63) is 29.8 Å². The summed E-state index contributed by atoms with van der Waals surface area (Å²) in [5.74, 6) is 0.568. The molecule has 0 amide bonds. The first-order valence-electron chi connectivity index (χ1n) is 5.82. The van der Waals surface area contributed by atoms with Crippen LogP contribution >= 0.6 is 12.2 Å². The van der Waals surface area contributed by atoms with E-state index in [2.05, 4.69) is 4.72 Å². The van der Waals surface area contributed by atoms with Crippen LogP contribution in [0.2, 0.25) is 0 Å². The fourth-order valence-corrected chi connectivity index (χ4v) is 3.41. The monoisotopic (exact) mass is 284 g/mol. The number of anilines is 1. The number of rotatable bonds is 6. The van der Waals surface area contributed by atoms with Crippen LogP contribution in [-0.2, 0) is 16.4 Å². The maximum Gasteiger partial charge on any atom is 0.232 e. The van der Waals surface area contributed by atoms with Crippen molar-refractivity contribution in [1.82, 2.24) is 0 Å². The van der Waals surface area contributed by atoms with Gasteiger partial charge in [0.15, 0.2) is 0 Å². The fraction of sp³-hybridized carbons (Fsp3) is 0.417. The van der Waals surface area contributed by atoms with Crippen LogP contribution in [0.4, 0.5) is 5.69 Å². The molecule has 3 N–H and O–H groups in total. The summed E-state index contributed by atoms with van der Waals surface area (Å²) in [6.45, 7) is 0. The Kier molecular flexibility index (Phi) is 3.87. The maximum atomic E-state index is 11.8. The minimum Gasteiger partial charge on any atom is -0.393 e. The van der Waals surface area contributed by atoms with Gasteiger partial charge in [0.25, 0.3) is 0 Å². The number of hydrogen-bond acceptors (Lipinski definition) is 3. The number of nitrogens with two attached hydrogens (primary N) is 1. The lowest BCUT2D eigenvalue weighted by Gasteiger charge is -2.08. The Hall–Kier alpha value is -1.14. The molecule has 18 heavy (non-hydrogen) atoms. The SMILES string of the molecule is NC(=S)Cc1ccc(NS(=O)(=O)CC2CC2)cc1. The van der Waals surface area contributed by atoms with Crippen LogP contribution in [0.15, 0.2) is 24.3 Å². The zero-order valence-electron chi connectivity index (χ0n) is 9.93. The Labute approximate surface area is 113 Å². The Bertz CT molecular complexity index is 534. The van der Waals surface area contributed by atoms with Crippen molar-refractivity contribution in [1.29, 1.82) is 0 Å². The van der Waals surface area contributed by atoms with Crippen LogP contribution < -0.4 is 10.5 Å². The summed E-state index contributed by atoms with van der Waals surface area (Å²) in [7, 11) is -3.21. The largest absolute Gasteiger partial charge is 0.393 e. The molecule has 0 aromatic heterocycles. The second kappa shape index (κ2) is 5.24. The van der Waals surface area contributed by atoms with Crippen molar-refractivity contribution >= 4 is 32.9 Å². The van der Waals surface area contributed by atoms with E-state index < -0.39 is 10.0 Å². The summed E-state index contributed by atoms with van der Waals surface area (Å²) in [5, 5.41) is 0. The van der Waals surface area contributed by atoms with Crippen molar-refractivity contribution < 1.29 is 8.42 Å². The quantitative estimate of drug-likeness (QED) is 0.779. The van der Waals surface area contributed by atoms with E-state index in [0.717, 1.165) is 18.4 Å². The average molecular weight is 284 g/mol. The predicted molar refractivity (Wildman–Crippen MR) is 77.1 cm³/mol. The second-order valence-corrected chi connectivity index (χ2v) is 6.96. The Morgan fingerprint density at radius 1 is 1.33 bits per heavy atom. The van der Waals surface area contributed by atoms with Gasteiger partial charge in [-0.3, -0.25) is 4.72 Å². The van der Waals surface area contributed by atoms with Crippen molar-refractivity contribution in [2.75, 3.05) is 10.5 Å². The van der Waals surface area contributed by atoms with Crippen molar-refractivity contribution in [3.8, 4) is 0 Å². The van der Waals surface area contributed by atoms with Crippen LogP contribution in [0.25, 0.3) is 0 Å². The Morgan fingerprint density at radius 2 is 1.94 bits per heavy atom. The highest BCUT2D eigenvalue weighted by atomic mass is 32.2. The summed E-state index contributed by atoms with van der Waals surface area (Å²) in [6, 6.07) is 7.12. The maximum absolute atomic E-state index is 11.8. The average Bonchev–Trinajstić information content (AvgIpc) is 3.03. The van der Waals surface area contributed by atoms with Gasteiger partial charge in [-0.05, 0) is 36.5 Å². The minimum absolute atomic E-state index is 0.224. The summed E-state index contributed by atoms with van der Waals surface area (Å²) < 4.78 is 26.1. The highest BCUT2D eigenvalue weighted by Crippen LogP contribution is 2.30. The molecule has 0 bridgehead atoms. The van der Waals surface area contributed by atoms with E-state index >= 15 is 0 Å². The smallest absolute Gasteiger partial charge is 0.232 e. The molecule has 1 saturated carbocycles. The van der Waals surface area contributed by atoms with Gasteiger partial charge in [0.1, 0.15) is 0 Å². The summed E-state index contributed by atoms with van der Waals surface area (Å²) in [5.41, 5.74) is 7.01. The zero-order valence-corrected chi connectivity index (χ0v) is 11.6. The van der Waals surface area contributed by atoms with Gasteiger partial charge in [-0.1, -0.05) is 24.4 Å². The molecular formula is C12H16N2O2S2. The topological polar surface area (TPSA) is 72.2 Å². The first-order valence-corrected chi connectivity index (χ1v) is 7.88. The van der Waals surface area contributed by atoms with E-state index in [0.29, 0.717) is 23.0 Å². The van der Waals surface area contributed by atoms with Gasteiger partial charge in [0, 0.05) is 12.1 Å². The van der Waals surface area contributed by atoms with Gasteiger partial charge < -0.3 is 5.73 Å². The summed E-state index contributed by atoms with van der Waals surface area (Å²) in [4.78, 5) is 0.428. The fourth-order valence-electron chi connectivity index (χ4n) is 1.71. The highest BCUT2D eigenvalue weighted by Gasteiger charge is 2.27. The zero-order chi connectivity index (χ0) is 13.2. The van der Waals surface area contributed by atoms with E-state index in [-0.39, 0.29) is 5.75 Å². The van der Waals surface area contributed by atoms with E-state index in [9.17, 15) is 8.42 Å². The van der Waals surface area contributed by atoms with Gasteiger partial charge in [0.2, 0.25) is 10.0 Å². The van der Waals surface area contributed by atoms with E-state index in [4.69, 9.17) is 18.0 Å². The molecule has 6 heteroatoms. The Balaban J connectivity index is 1.98. The third kappa shape index (κ3) is 4.27. The van der Waals surface area contributed by atoms with Gasteiger partial charge in [-0.2, -0.15) is 0 Å². The molecule has 1 fully saturated rings. The second-order valence-electron chi connectivity index (χ2n) is 4.67. The molecule has 2 rings (SSSR count). The number of benzene rings is 1. The lowest BCUT2D eigenvalue weighted by molar-refractivity contribution is 0.597. The predicted octanol–water partition coefficient (Wildman–Crippen LogP) is 1.67. The van der Waals surface area contributed by atoms with Crippen LogP contribution in [0.5, 0.6) is 0 Å². The first-order chi connectivity index (χ1) is 8.44. The number of nitrogens with one attached hydrogen (secondary N) is 1. The van der Waals surface area contributed by atoms with E-state index in [1.807, 2.05) is 12.1 Å². The summed E-state index contributed by atoms with van der Waals surface area (Å²) >= 11 is 4.82. The van der Waals surface area contributed by atoms with Crippen LogP contribution in [0.3, 0.4) is 0 Å². The van der Waals surface area contributed by atoms with Gasteiger partial charge in [-0.15, -0.1) is 0 Å². The van der Waals surface area contributed by atoms with E-state index in [1.54, 1.807) is 12.1 Å². The molecule has 0 radical (unpaired) electrons. The van der Waals surface area contributed by atoms with E-state index in [1.165, 1.54) is 0 Å². The van der Waals surface area contributed by atoms with Crippen molar-refractivity contribution in [3.63, 3.8) is 0 Å².